The number of aromatic nitrogens is 1. The van der Waals surface area contributed by atoms with Gasteiger partial charge in [-0.25, -0.2) is 4.79 Å². The molecule has 0 radical (unpaired) electrons. The Hall–Kier alpha value is -3.79. The Labute approximate surface area is 218 Å². The molecule has 9 nitrogen and oxygen atoms in total. The van der Waals surface area contributed by atoms with Crippen LogP contribution in [0.2, 0.25) is 5.02 Å². The summed E-state index contributed by atoms with van der Waals surface area (Å²) in [5, 5.41) is 33.2. The zero-order valence-electron chi connectivity index (χ0n) is 19.8. The molecule has 3 unspecified atom stereocenters. The fourth-order valence-electron chi connectivity index (χ4n) is 4.41. The van der Waals surface area contributed by atoms with Gasteiger partial charge >= 0.3 is 5.97 Å². The van der Waals surface area contributed by atoms with Crippen LogP contribution >= 0.6 is 11.6 Å². The molecule has 4 N–H and O–H groups in total. The van der Waals surface area contributed by atoms with Crippen LogP contribution in [0.5, 0.6) is 0 Å². The highest BCUT2D eigenvalue weighted by molar-refractivity contribution is 6.30. The number of carbonyl (C=O) groups is 3. The fourth-order valence-corrected chi connectivity index (χ4v) is 4.61. The Morgan fingerprint density at radius 3 is 2.54 bits per heavy atom. The minimum absolute atomic E-state index is 0.0144. The first-order valence-electron chi connectivity index (χ1n) is 11.7. The summed E-state index contributed by atoms with van der Waals surface area (Å²) in [6.45, 7) is 0.379. The van der Waals surface area contributed by atoms with E-state index in [-0.39, 0.29) is 18.2 Å². The SMILES string of the molecule is O=C(O)c1ccccc1-c1ccc(CNC(=O)C(O)C(O)C(=O)N2CCCC2c2cccc(Cl)c2)cn1. The zero-order chi connectivity index (χ0) is 26.5. The van der Waals surface area contributed by atoms with Crippen LogP contribution in [0.15, 0.2) is 66.9 Å². The van der Waals surface area contributed by atoms with E-state index in [0.29, 0.717) is 34.8 Å². The van der Waals surface area contributed by atoms with Gasteiger partial charge in [-0.1, -0.05) is 48.0 Å². The number of nitrogens with one attached hydrogen (secondary N) is 1. The second-order valence-corrected chi connectivity index (χ2v) is 9.19. The largest absolute Gasteiger partial charge is 0.478 e. The molecule has 0 spiro atoms. The molecule has 1 aromatic heterocycles. The summed E-state index contributed by atoms with van der Waals surface area (Å²) in [6.07, 6.45) is -1.00. The smallest absolute Gasteiger partial charge is 0.336 e. The Bertz CT molecular complexity index is 1300. The van der Waals surface area contributed by atoms with Gasteiger partial charge in [0.05, 0.1) is 17.3 Å². The van der Waals surface area contributed by atoms with Crippen LogP contribution in [0.25, 0.3) is 11.3 Å². The molecule has 1 fully saturated rings. The van der Waals surface area contributed by atoms with E-state index in [1.54, 1.807) is 48.5 Å². The zero-order valence-corrected chi connectivity index (χ0v) is 20.5. The van der Waals surface area contributed by atoms with E-state index in [4.69, 9.17) is 11.6 Å². The minimum atomic E-state index is -1.96. The molecule has 0 saturated carbocycles. The Morgan fingerprint density at radius 1 is 1.05 bits per heavy atom. The molecule has 4 rings (SSSR count). The lowest BCUT2D eigenvalue weighted by molar-refractivity contribution is -0.153. The molecule has 37 heavy (non-hydrogen) atoms. The summed E-state index contributed by atoms with van der Waals surface area (Å²) in [7, 11) is 0. The van der Waals surface area contributed by atoms with Gasteiger partial charge in [-0.3, -0.25) is 14.6 Å². The van der Waals surface area contributed by atoms with E-state index in [1.165, 1.54) is 17.2 Å². The molecule has 2 aromatic carbocycles. The van der Waals surface area contributed by atoms with E-state index in [2.05, 4.69) is 10.3 Å². The minimum Gasteiger partial charge on any atom is -0.478 e. The lowest BCUT2D eigenvalue weighted by atomic mass is 10.0. The highest BCUT2D eigenvalue weighted by atomic mass is 35.5. The molecule has 10 heteroatoms. The highest BCUT2D eigenvalue weighted by Gasteiger charge is 2.38. The molecule has 1 aliphatic rings. The number of benzene rings is 2. The van der Waals surface area contributed by atoms with Gasteiger partial charge in [0.15, 0.2) is 12.2 Å². The van der Waals surface area contributed by atoms with Gasteiger partial charge < -0.3 is 25.5 Å². The van der Waals surface area contributed by atoms with Gasteiger partial charge in [0.25, 0.3) is 11.8 Å². The fraction of sp³-hybridized carbons (Fsp3) is 0.259. The summed E-state index contributed by atoms with van der Waals surface area (Å²) in [4.78, 5) is 42.6. The Morgan fingerprint density at radius 2 is 1.84 bits per heavy atom. The van der Waals surface area contributed by atoms with Gasteiger partial charge in [0.2, 0.25) is 0 Å². The number of aliphatic hydroxyl groups excluding tert-OH is 2. The molecule has 1 saturated heterocycles. The molecule has 2 heterocycles. The van der Waals surface area contributed by atoms with E-state index in [0.717, 1.165) is 12.0 Å². The molecule has 1 aliphatic heterocycles. The second kappa shape index (κ2) is 11.5. The Kier molecular flexibility index (Phi) is 8.17. The number of likely N-dealkylation sites (tertiary alicyclic amines) is 1. The number of nitrogens with zero attached hydrogens (tertiary/aromatic N) is 2. The lowest BCUT2D eigenvalue weighted by Crippen LogP contribution is -2.50. The molecule has 2 amide bonds. The summed E-state index contributed by atoms with van der Waals surface area (Å²) in [5.41, 5.74) is 2.44. The van der Waals surface area contributed by atoms with Crippen LogP contribution < -0.4 is 5.32 Å². The maximum atomic E-state index is 12.9. The average molecular weight is 524 g/mol. The predicted octanol–water partition coefficient (Wildman–Crippen LogP) is 2.80. The van der Waals surface area contributed by atoms with Crippen molar-refractivity contribution in [1.29, 1.82) is 0 Å². The Balaban J connectivity index is 1.36. The topological polar surface area (TPSA) is 140 Å². The van der Waals surface area contributed by atoms with Crippen LogP contribution in [-0.2, 0) is 16.1 Å². The van der Waals surface area contributed by atoms with Crippen molar-refractivity contribution < 1.29 is 29.7 Å². The lowest BCUT2D eigenvalue weighted by Gasteiger charge is -2.28. The third-order valence-corrected chi connectivity index (χ3v) is 6.55. The van der Waals surface area contributed by atoms with Crippen molar-refractivity contribution in [2.45, 2.75) is 37.6 Å². The number of halogens is 1. The van der Waals surface area contributed by atoms with Crippen molar-refractivity contribution in [2.24, 2.45) is 0 Å². The number of carboxylic acid groups (broad SMARTS) is 1. The molecule has 0 bridgehead atoms. The van der Waals surface area contributed by atoms with Crippen LogP contribution in [0, 0.1) is 0 Å². The summed E-state index contributed by atoms with van der Waals surface area (Å²) in [6, 6.07) is 16.6. The molecule has 0 aliphatic carbocycles. The van der Waals surface area contributed by atoms with Crippen LogP contribution in [0.1, 0.15) is 40.4 Å². The number of aliphatic hydroxyl groups is 2. The average Bonchev–Trinajstić information content (AvgIpc) is 3.41. The van der Waals surface area contributed by atoms with Crippen molar-refractivity contribution in [3.63, 3.8) is 0 Å². The number of aromatic carboxylic acids is 1. The molecule has 192 valence electrons. The van der Waals surface area contributed by atoms with E-state index >= 15 is 0 Å². The standard InChI is InChI=1S/C27H26ClN3O6/c28-18-6-3-5-17(13-18)22-9-4-12-31(22)26(35)24(33)23(32)25(34)30-15-16-10-11-21(29-14-16)19-7-1-2-8-20(19)27(36)37/h1-3,5-8,10-11,13-14,22-24,32-33H,4,9,12,15H2,(H,30,34)(H,36,37). The first-order chi connectivity index (χ1) is 17.8. The van der Waals surface area contributed by atoms with Crippen molar-refractivity contribution in [3.05, 3.63) is 88.6 Å². The second-order valence-electron chi connectivity index (χ2n) is 8.75. The third kappa shape index (κ3) is 5.96. The van der Waals surface area contributed by atoms with E-state index in [1.807, 2.05) is 6.07 Å². The van der Waals surface area contributed by atoms with Crippen molar-refractivity contribution in [3.8, 4) is 11.3 Å². The quantitative estimate of drug-likeness (QED) is 0.356. The summed E-state index contributed by atoms with van der Waals surface area (Å²) >= 11 is 6.08. The number of pyridine rings is 1. The predicted molar refractivity (Wildman–Crippen MR) is 136 cm³/mol. The number of carbonyl (C=O) groups excluding carboxylic acids is 2. The van der Waals surface area contributed by atoms with Gasteiger partial charge in [-0.15, -0.1) is 0 Å². The maximum Gasteiger partial charge on any atom is 0.336 e. The van der Waals surface area contributed by atoms with E-state index < -0.39 is 30.0 Å². The number of hydrogen-bond acceptors (Lipinski definition) is 6. The monoisotopic (exact) mass is 523 g/mol. The number of rotatable bonds is 8. The molecule has 3 aromatic rings. The van der Waals surface area contributed by atoms with Gasteiger partial charge in [0.1, 0.15) is 0 Å². The maximum absolute atomic E-state index is 12.9. The van der Waals surface area contributed by atoms with Crippen LogP contribution in [0.3, 0.4) is 0 Å². The van der Waals surface area contributed by atoms with Crippen molar-refractivity contribution in [1.82, 2.24) is 15.2 Å². The number of hydrogen-bond donors (Lipinski definition) is 4. The third-order valence-electron chi connectivity index (χ3n) is 6.31. The molecular weight excluding hydrogens is 498 g/mol. The first kappa shape index (κ1) is 26.3. The normalized spacial score (nSPS) is 16.7. The number of amides is 2. The molecule has 3 atom stereocenters. The van der Waals surface area contributed by atoms with Crippen molar-refractivity contribution >= 4 is 29.4 Å². The van der Waals surface area contributed by atoms with Crippen LogP contribution in [-0.4, -0.2) is 61.7 Å². The number of carboxylic acids is 1. The van der Waals surface area contributed by atoms with E-state index in [9.17, 15) is 29.7 Å². The molecular formula is C27H26ClN3O6. The first-order valence-corrected chi connectivity index (χ1v) is 12.1. The highest BCUT2D eigenvalue weighted by Crippen LogP contribution is 2.33. The van der Waals surface area contributed by atoms with Gasteiger partial charge in [-0.2, -0.15) is 0 Å². The van der Waals surface area contributed by atoms with Crippen LogP contribution in [0.4, 0.5) is 0 Å². The van der Waals surface area contributed by atoms with Gasteiger partial charge in [-0.05, 0) is 48.2 Å². The summed E-state index contributed by atoms with van der Waals surface area (Å²) < 4.78 is 0. The van der Waals surface area contributed by atoms with Crippen molar-refractivity contribution in [2.75, 3.05) is 6.54 Å². The van der Waals surface area contributed by atoms with Gasteiger partial charge in [0, 0.05) is 29.9 Å². The summed E-state index contributed by atoms with van der Waals surface area (Å²) in [5.74, 6) is -2.70.